The van der Waals surface area contributed by atoms with Gasteiger partial charge in [-0.25, -0.2) is 4.79 Å². The molecule has 0 unspecified atom stereocenters. The van der Waals surface area contributed by atoms with E-state index in [2.05, 4.69) is 29.0 Å². The summed E-state index contributed by atoms with van der Waals surface area (Å²) in [6.07, 6.45) is 8.77. The Morgan fingerprint density at radius 2 is 1.12 bits per heavy atom. The van der Waals surface area contributed by atoms with Gasteiger partial charge in [0, 0.05) is 38.8 Å². The average molecular weight is 555 g/mol. The molecule has 3 amide bonds. The quantitative estimate of drug-likeness (QED) is 0.152. The zero-order chi connectivity index (χ0) is 29.0. The van der Waals surface area contributed by atoms with Gasteiger partial charge in [0.25, 0.3) is 11.8 Å². The molecule has 0 fully saturated rings. The van der Waals surface area contributed by atoms with Crippen molar-refractivity contribution in [1.29, 1.82) is 0 Å². The Bertz CT molecular complexity index is 919. The fourth-order valence-electron chi connectivity index (χ4n) is 4.77. The van der Waals surface area contributed by atoms with Crippen molar-refractivity contribution in [3.63, 3.8) is 0 Å². The van der Waals surface area contributed by atoms with Gasteiger partial charge in [-0.1, -0.05) is 93.3 Å². The van der Waals surface area contributed by atoms with Crippen LogP contribution in [0.4, 0.5) is 0 Å². The SMILES string of the molecule is CCCCCCCC(=O)[NH+](CCCNC(=O)[C@@H]([NH3+])Cc1ccccc1)CCCNC(=O)[C@@H]([NH3+])Cc1ccccc1. The highest BCUT2D eigenvalue weighted by Crippen LogP contribution is 2.04. The molecule has 8 nitrogen and oxygen atoms in total. The van der Waals surface area contributed by atoms with Crippen LogP contribution in [0.5, 0.6) is 0 Å². The second-order valence-corrected chi connectivity index (χ2v) is 10.8. The van der Waals surface area contributed by atoms with Crippen LogP contribution in [0.2, 0.25) is 0 Å². The number of benzene rings is 2. The molecule has 40 heavy (non-hydrogen) atoms. The highest BCUT2D eigenvalue weighted by atomic mass is 16.2. The summed E-state index contributed by atoms with van der Waals surface area (Å²) in [6, 6.07) is 19.1. The van der Waals surface area contributed by atoms with E-state index in [0.717, 1.165) is 28.9 Å². The molecule has 0 aliphatic rings. The molecule has 8 heteroatoms. The van der Waals surface area contributed by atoms with Crippen LogP contribution in [0.25, 0.3) is 0 Å². The van der Waals surface area contributed by atoms with Gasteiger partial charge < -0.3 is 22.1 Å². The molecule has 2 rings (SSSR count). The second-order valence-electron chi connectivity index (χ2n) is 10.8. The average Bonchev–Trinajstić information content (AvgIpc) is 2.96. The van der Waals surface area contributed by atoms with E-state index in [9.17, 15) is 14.4 Å². The van der Waals surface area contributed by atoms with E-state index in [-0.39, 0.29) is 29.8 Å². The summed E-state index contributed by atoms with van der Waals surface area (Å²) in [5.41, 5.74) is 10.2. The number of unbranched alkanes of at least 4 members (excludes halogenated alkanes) is 4. The molecule has 0 saturated carbocycles. The molecule has 0 radical (unpaired) electrons. The molecule has 2 aromatic rings. The van der Waals surface area contributed by atoms with Gasteiger partial charge in [-0.15, -0.1) is 0 Å². The largest absolute Gasteiger partial charge is 0.351 e. The first-order valence-corrected chi connectivity index (χ1v) is 15.1. The van der Waals surface area contributed by atoms with Crippen molar-refractivity contribution in [2.24, 2.45) is 0 Å². The highest BCUT2D eigenvalue weighted by Gasteiger charge is 2.21. The van der Waals surface area contributed by atoms with Gasteiger partial charge in [0.2, 0.25) is 0 Å². The van der Waals surface area contributed by atoms with E-state index < -0.39 is 0 Å². The van der Waals surface area contributed by atoms with Crippen LogP contribution in [0.3, 0.4) is 0 Å². The van der Waals surface area contributed by atoms with Crippen LogP contribution < -0.4 is 27.0 Å². The fourth-order valence-corrected chi connectivity index (χ4v) is 4.77. The van der Waals surface area contributed by atoms with Crippen LogP contribution in [-0.2, 0) is 27.2 Å². The Morgan fingerprint density at radius 1 is 0.675 bits per heavy atom. The van der Waals surface area contributed by atoms with Crippen LogP contribution in [0, 0.1) is 0 Å². The zero-order valence-corrected chi connectivity index (χ0v) is 24.5. The van der Waals surface area contributed by atoms with Crippen molar-refractivity contribution >= 4 is 17.7 Å². The van der Waals surface area contributed by atoms with Gasteiger partial charge in [0.05, 0.1) is 19.5 Å². The monoisotopic (exact) mass is 554 g/mol. The minimum absolute atomic E-state index is 0.0615. The van der Waals surface area contributed by atoms with Crippen LogP contribution in [-0.4, -0.2) is 56.0 Å². The predicted octanol–water partition coefficient (Wildman–Crippen LogP) is 0.477. The standard InChI is InChI=1S/C32H49N5O3/c1-2-3-4-5-12-19-30(38)37(22-13-20-35-31(39)28(33)24-26-15-8-6-9-16-26)23-14-21-36-32(40)29(34)25-27-17-10-7-11-18-27/h6-11,15-18,28-29H,2-5,12-14,19-25,33-34H2,1H3,(H,35,39)(H,36,40)/p+3/t28-,29-/m0/s1. The Kier molecular flexibility index (Phi) is 16.5. The number of rotatable bonds is 20. The summed E-state index contributed by atoms with van der Waals surface area (Å²) < 4.78 is 0. The minimum Gasteiger partial charge on any atom is -0.351 e. The molecule has 220 valence electrons. The van der Waals surface area contributed by atoms with Gasteiger partial charge >= 0.3 is 5.91 Å². The van der Waals surface area contributed by atoms with Gasteiger partial charge in [-0.05, 0) is 17.5 Å². The van der Waals surface area contributed by atoms with Crippen molar-refractivity contribution in [3.05, 3.63) is 71.8 Å². The van der Waals surface area contributed by atoms with Gasteiger partial charge in [0.15, 0.2) is 12.1 Å². The van der Waals surface area contributed by atoms with Crippen LogP contribution in [0.15, 0.2) is 60.7 Å². The van der Waals surface area contributed by atoms with E-state index in [0.29, 0.717) is 58.3 Å². The molecule has 0 aliphatic carbocycles. The normalized spacial score (nSPS) is 12.6. The topological polar surface area (TPSA) is 135 Å². The molecular weight excluding hydrogens is 502 g/mol. The van der Waals surface area contributed by atoms with Crippen molar-refractivity contribution in [3.8, 4) is 0 Å². The second kappa shape index (κ2) is 19.9. The lowest BCUT2D eigenvalue weighted by Gasteiger charge is -2.18. The van der Waals surface area contributed by atoms with Crippen LogP contribution >= 0.6 is 0 Å². The Labute approximate surface area is 240 Å². The molecule has 0 aromatic heterocycles. The molecule has 0 bridgehead atoms. The van der Waals surface area contributed by atoms with E-state index in [1.165, 1.54) is 19.3 Å². The number of carbonyl (C=O) groups excluding carboxylic acids is 3. The number of amides is 3. The van der Waals surface area contributed by atoms with Crippen molar-refractivity contribution < 1.29 is 30.8 Å². The summed E-state index contributed by atoms with van der Waals surface area (Å²) in [4.78, 5) is 39.0. The van der Waals surface area contributed by atoms with Crippen molar-refractivity contribution in [1.82, 2.24) is 10.6 Å². The van der Waals surface area contributed by atoms with Gasteiger partial charge in [-0.3, -0.25) is 14.5 Å². The van der Waals surface area contributed by atoms with Gasteiger partial charge in [0.1, 0.15) is 0 Å². The lowest BCUT2D eigenvalue weighted by Crippen LogP contribution is -3.14. The van der Waals surface area contributed by atoms with Crippen molar-refractivity contribution in [2.45, 2.75) is 83.2 Å². The highest BCUT2D eigenvalue weighted by molar-refractivity contribution is 5.80. The Hall–Kier alpha value is -3.07. The number of carbonyl (C=O) groups is 3. The zero-order valence-electron chi connectivity index (χ0n) is 24.5. The maximum atomic E-state index is 13.0. The molecule has 0 saturated heterocycles. The minimum atomic E-state index is -0.349. The molecule has 0 aliphatic heterocycles. The fraction of sp³-hybridized carbons (Fsp3) is 0.531. The Morgan fingerprint density at radius 3 is 1.57 bits per heavy atom. The third-order valence-corrected chi connectivity index (χ3v) is 7.20. The Balaban J connectivity index is 1.75. The first-order valence-electron chi connectivity index (χ1n) is 15.1. The smallest absolute Gasteiger partial charge is 0.312 e. The maximum Gasteiger partial charge on any atom is 0.312 e. The summed E-state index contributed by atoms with van der Waals surface area (Å²) in [5.74, 6) is 0.106. The van der Waals surface area contributed by atoms with E-state index in [1.54, 1.807) is 0 Å². The lowest BCUT2D eigenvalue weighted by molar-refractivity contribution is -0.821. The summed E-state index contributed by atoms with van der Waals surface area (Å²) in [7, 11) is 0. The van der Waals surface area contributed by atoms with Crippen molar-refractivity contribution in [2.75, 3.05) is 26.2 Å². The van der Waals surface area contributed by atoms with Crippen LogP contribution in [0.1, 0.15) is 69.4 Å². The molecule has 0 heterocycles. The maximum absolute atomic E-state index is 13.0. The summed E-state index contributed by atoms with van der Waals surface area (Å²) in [6.45, 7) is 4.55. The number of nitrogens with one attached hydrogen (secondary N) is 3. The lowest BCUT2D eigenvalue weighted by atomic mass is 10.1. The van der Waals surface area contributed by atoms with E-state index in [1.807, 2.05) is 60.7 Å². The molecule has 0 spiro atoms. The number of hydrogen-bond acceptors (Lipinski definition) is 3. The third-order valence-electron chi connectivity index (χ3n) is 7.20. The number of hydrogen-bond donors (Lipinski definition) is 5. The molecule has 9 N–H and O–H groups in total. The molecular formula is C32H52N5O3+3. The first kappa shape index (κ1) is 33.1. The van der Waals surface area contributed by atoms with E-state index in [4.69, 9.17) is 0 Å². The summed E-state index contributed by atoms with van der Waals surface area (Å²) >= 11 is 0. The van der Waals surface area contributed by atoms with Gasteiger partial charge in [-0.2, -0.15) is 0 Å². The third kappa shape index (κ3) is 13.8. The molecule has 2 atom stereocenters. The predicted molar refractivity (Wildman–Crippen MR) is 158 cm³/mol. The number of quaternary nitrogens is 3. The molecule has 2 aromatic carbocycles. The first-order chi connectivity index (χ1) is 19.4. The van der Waals surface area contributed by atoms with E-state index >= 15 is 0 Å². The summed E-state index contributed by atoms with van der Waals surface area (Å²) in [5, 5.41) is 5.98.